The minimum Gasteiger partial charge on any atom is -0.496 e. The number of hydrogen-bond acceptors (Lipinski definition) is 4. The second-order valence-corrected chi connectivity index (χ2v) is 4.00. The molecule has 0 fully saturated rings. The normalized spacial score (nSPS) is 10.4. The molecule has 0 heterocycles. The Bertz CT molecular complexity index is 403. The molecule has 0 aromatic heterocycles. The zero-order valence-corrected chi connectivity index (χ0v) is 11.3. The van der Waals surface area contributed by atoms with Crippen molar-refractivity contribution in [2.45, 2.75) is 20.0 Å². The van der Waals surface area contributed by atoms with Crippen LogP contribution in [0.15, 0.2) is 18.2 Å². The predicted molar refractivity (Wildman–Crippen MR) is 70.7 cm³/mol. The third kappa shape index (κ3) is 5.28. The van der Waals surface area contributed by atoms with Gasteiger partial charge >= 0.3 is 5.97 Å². The van der Waals surface area contributed by atoms with Gasteiger partial charge in [-0.05, 0) is 24.1 Å². The summed E-state index contributed by atoms with van der Waals surface area (Å²) in [7, 11) is 1.45. The van der Waals surface area contributed by atoms with Crippen LogP contribution in [-0.2, 0) is 16.1 Å². The SMILES string of the molecule is CCCOCCOCc1ccc(OC)c(C(=O)O)c1. The van der Waals surface area contributed by atoms with Crippen LogP contribution in [-0.4, -0.2) is 38.0 Å². The molecule has 0 unspecified atom stereocenters. The molecule has 19 heavy (non-hydrogen) atoms. The average molecular weight is 268 g/mol. The molecule has 1 rings (SSSR count). The minimum atomic E-state index is -1.01. The molecule has 0 aliphatic heterocycles. The number of carbonyl (C=O) groups is 1. The molecule has 1 aromatic rings. The molecular formula is C14H20O5. The van der Waals surface area contributed by atoms with Crippen molar-refractivity contribution in [3.8, 4) is 5.75 Å². The molecule has 0 saturated heterocycles. The van der Waals surface area contributed by atoms with Gasteiger partial charge in [-0.1, -0.05) is 13.0 Å². The Hall–Kier alpha value is -1.59. The van der Waals surface area contributed by atoms with E-state index in [0.29, 0.717) is 25.6 Å². The van der Waals surface area contributed by atoms with Gasteiger partial charge in [0.2, 0.25) is 0 Å². The van der Waals surface area contributed by atoms with E-state index in [9.17, 15) is 4.79 Å². The van der Waals surface area contributed by atoms with Crippen LogP contribution in [0.5, 0.6) is 5.75 Å². The summed E-state index contributed by atoms with van der Waals surface area (Å²) >= 11 is 0. The van der Waals surface area contributed by atoms with Crippen LogP contribution in [0, 0.1) is 0 Å². The van der Waals surface area contributed by atoms with Crippen LogP contribution in [0.1, 0.15) is 29.3 Å². The lowest BCUT2D eigenvalue weighted by Crippen LogP contribution is -2.06. The summed E-state index contributed by atoms with van der Waals surface area (Å²) in [5.74, 6) is -0.660. The largest absolute Gasteiger partial charge is 0.496 e. The predicted octanol–water partition coefficient (Wildman–Crippen LogP) is 2.34. The Kier molecular flexibility index (Phi) is 6.92. The summed E-state index contributed by atoms with van der Waals surface area (Å²) in [5.41, 5.74) is 0.944. The van der Waals surface area contributed by atoms with Gasteiger partial charge in [0.15, 0.2) is 0 Å². The Labute approximate surface area is 113 Å². The van der Waals surface area contributed by atoms with E-state index in [4.69, 9.17) is 19.3 Å². The summed E-state index contributed by atoms with van der Waals surface area (Å²) in [6.45, 7) is 4.19. The van der Waals surface area contributed by atoms with Crippen molar-refractivity contribution in [3.63, 3.8) is 0 Å². The van der Waals surface area contributed by atoms with Crippen LogP contribution in [0.4, 0.5) is 0 Å². The molecule has 1 N–H and O–H groups in total. The van der Waals surface area contributed by atoms with E-state index in [-0.39, 0.29) is 5.56 Å². The van der Waals surface area contributed by atoms with E-state index in [1.54, 1.807) is 18.2 Å². The summed E-state index contributed by atoms with van der Waals surface area (Å²) in [6.07, 6.45) is 0.987. The third-order valence-electron chi connectivity index (χ3n) is 2.48. The highest BCUT2D eigenvalue weighted by atomic mass is 16.5. The van der Waals surface area contributed by atoms with Gasteiger partial charge in [0.05, 0.1) is 26.9 Å². The standard InChI is InChI=1S/C14H20O5/c1-3-6-18-7-8-19-10-11-4-5-13(17-2)12(9-11)14(15)16/h4-5,9H,3,6-8,10H2,1-2H3,(H,15,16). The fourth-order valence-electron chi connectivity index (χ4n) is 1.57. The molecule has 0 bridgehead atoms. The fraction of sp³-hybridized carbons (Fsp3) is 0.500. The monoisotopic (exact) mass is 268 g/mol. The average Bonchev–Trinajstić information content (AvgIpc) is 2.42. The molecule has 0 aliphatic carbocycles. The maximum atomic E-state index is 11.0. The summed E-state index contributed by atoms with van der Waals surface area (Å²) in [6, 6.07) is 4.99. The Morgan fingerprint density at radius 3 is 2.58 bits per heavy atom. The number of carboxylic acid groups (broad SMARTS) is 1. The van der Waals surface area contributed by atoms with E-state index >= 15 is 0 Å². The lowest BCUT2D eigenvalue weighted by atomic mass is 10.1. The summed E-state index contributed by atoms with van der Waals surface area (Å²) < 4.78 is 15.7. The first kappa shape index (κ1) is 15.5. The molecule has 5 heteroatoms. The molecule has 0 amide bonds. The lowest BCUT2D eigenvalue weighted by Gasteiger charge is -2.08. The van der Waals surface area contributed by atoms with Gasteiger partial charge in [0.25, 0.3) is 0 Å². The molecule has 5 nitrogen and oxygen atoms in total. The highest BCUT2D eigenvalue weighted by Gasteiger charge is 2.11. The van der Waals surface area contributed by atoms with E-state index in [2.05, 4.69) is 0 Å². The second kappa shape index (κ2) is 8.50. The maximum Gasteiger partial charge on any atom is 0.339 e. The van der Waals surface area contributed by atoms with Gasteiger partial charge in [0.1, 0.15) is 11.3 Å². The van der Waals surface area contributed by atoms with E-state index in [1.165, 1.54) is 7.11 Å². The number of benzene rings is 1. The van der Waals surface area contributed by atoms with Crippen LogP contribution >= 0.6 is 0 Å². The number of hydrogen-bond donors (Lipinski definition) is 1. The number of ether oxygens (including phenoxy) is 3. The zero-order chi connectivity index (χ0) is 14.1. The van der Waals surface area contributed by atoms with Crippen LogP contribution in [0.25, 0.3) is 0 Å². The van der Waals surface area contributed by atoms with Gasteiger partial charge in [-0.2, -0.15) is 0 Å². The molecule has 0 atom stereocenters. The van der Waals surface area contributed by atoms with E-state index in [1.807, 2.05) is 6.92 Å². The third-order valence-corrected chi connectivity index (χ3v) is 2.48. The highest BCUT2D eigenvalue weighted by Crippen LogP contribution is 2.20. The topological polar surface area (TPSA) is 65.0 Å². The number of carboxylic acids is 1. The van der Waals surface area contributed by atoms with E-state index < -0.39 is 5.97 Å². The molecule has 1 aromatic carbocycles. The van der Waals surface area contributed by atoms with Crippen molar-refractivity contribution in [2.75, 3.05) is 26.9 Å². The first-order chi connectivity index (χ1) is 9.19. The van der Waals surface area contributed by atoms with Gasteiger partial charge in [-0.25, -0.2) is 4.79 Å². The van der Waals surface area contributed by atoms with Gasteiger partial charge in [0, 0.05) is 6.61 Å². The highest BCUT2D eigenvalue weighted by molar-refractivity contribution is 5.91. The summed E-state index contributed by atoms with van der Waals surface area (Å²) in [4.78, 5) is 11.0. The number of methoxy groups -OCH3 is 1. The van der Waals surface area contributed by atoms with Crippen molar-refractivity contribution >= 4 is 5.97 Å². The second-order valence-electron chi connectivity index (χ2n) is 4.00. The van der Waals surface area contributed by atoms with Crippen molar-refractivity contribution in [1.82, 2.24) is 0 Å². The number of aromatic carboxylic acids is 1. The smallest absolute Gasteiger partial charge is 0.339 e. The van der Waals surface area contributed by atoms with Crippen LogP contribution in [0.3, 0.4) is 0 Å². The molecule has 0 spiro atoms. The lowest BCUT2D eigenvalue weighted by molar-refractivity contribution is 0.0407. The van der Waals surface area contributed by atoms with Gasteiger partial charge in [-0.3, -0.25) is 0 Å². The Morgan fingerprint density at radius 1 is 1.21 bits per heavy atom. The van der Waals surface area contributed by atoms with Crippen molar-refractivity contribution < 1.29 is 24.1 Å². The van der Waals surface area contributed by atoms with Crippen molar-refractivity contribution in [2.24, 2.45) is 0 Å². The van der Waals surface area contributed by atoms with Gasteiger partial charge in [-0.15, -0.1) is 0 Å². The fourth-order valence-corrected chi connectivity index (χ4v) is 1.57. The molecule has 0 saturated carbocycles. The van der Waals surface area contributed by atoms with Gasteiger partial charge < -0.3 is 19.3 Å². The minimum absolute atomic E-state index is 0.144. The Morgan fingerprint density at radius 2 is 1.95 bits per heavy atom. The quantitative estimate of drug-likeness (QED) is 0.696. The molecule has 106 valence electrons. The molecule has 0 aliphatic rings. The Balaban J connectivity index is 2.46. The van der Waals surface area contributed by atoms with E-state index in [0.717, 1.165) is 18.6 Å². The molecule has 0 radical (unpaired) electrons. The van der Waals surface area contributed by atoms with Crippen molar-refractivity contribution in [1.29, 1.82) is 0 Å². The summed E-state index contributed by atoms with van der Waals surface area (Å²) in [5, 5.41) is 9.05. The van der Waals surface area contributed by atoms with Crippen LogP contribution < -0.4 is 4.74 Å². The van der Waals surface area contributed by atoms with Crippen LogP contribution in [0.2, 0.25) is 0 Å². The van der Waals surface area contributed by atoms with Crippen molar-refractivity contribution in [3.05, 3.63) is 29.3 Å². The first-order valence-corrected chi connectivity index (χ1v) is 6.24. The molecular weight excluding hydrogens is 248 g/mol. The zero-order valence-electron chi connectivity index (χ0n) is 11.3. The maximum absolute atomic E-state index is 11.0. The first-order valence-electron chi connectivity index (χ1n) is 6.24. The number of rotatable bonds is 9.